The molecule has 0 aromatic heterocycles. The van der Waals surface area contributed by atoms with Gasteiger partial charge in [0.05, 0.1) is 12.0 Å². The number of nitrogens with zero attached hydrogens (tertiary/aromatic N) is 1. The van der Waals surface area contributed by atoms with Gasteiger partial charge in [-0.25, -0.2) is 0 Å². The number of carbonyl (C=O) groups excluding carboxylic acids is 2. The maximum Gasteiger partial charge on any atom is 0.238 e. The smallest absolute Gasteiger partial charge is 0.238 e. The Balaban J connectivity index is 1.35. The van der Waals surface area contributed by atoms with E-state index in [-0.39, 0.29) is 5.91 Å². The topological polar surface area (TPSA) is 49.4 Å². The summed E-state index contributed by atoms with van der Waals surface area (Å²) in [6.07, 6.45) is 2.04. The maximum atomic E-state index is 12.9. The van der Waals surface area contributed by atoms with E-state index in [4.69, 9.17) is 0 Å². The summed E-state index contributed by atoms with van der Waals surface area (Å²) in [5, 5.41) is 3.01. The summed E-state index contributed by atoms with van der Waals surface area (Å²) in [4.78, 5) is 27.7. The Kier molecular flexibility index (Phi) is 6.81. The van der Waals surface area contributed by atoms with Gasteiger partial charge in [0.15, 0.2) is 0 Å². The molecular formula is C28H30N2O2. The first-order chi connectivity index (χ1) is 15.6. The van der Waals surface area contributed by atoms with E-state index in [0.29, 0.717) is 18.7 Å². The first-order valence-electron chi connectivity index (χ1n) is 11.4. The van der Waals surface area contributed by atoms with E-state index in [1.54, 1.807) is 0 Å². The fourth-order valence-electron chi connectivity index (χ4n) is 4.70. The van der Waals surface area contributed by atoms with Crippen molar-refractivity contribution in [1.82, 2.24) is 4.90 Å². The van der Waals surface area contributed by atoms with Crippen LogP contribution in [0.5, 0.6) is 0 Å². The van der Waals surface area contributed by atoms with Crippen LogP contribution in [0.2, 0.25) is 0 Å². The van der Waals surface area contributed by atoms with Crippen molar-refractivity contribution < 1.29 is 9.59 Å². The number of amides is 1. The number of likely N-dealkylation sites (tertiary alicyclic amines) is 1. The monoisotopic (exact) mass is 426 g/mol. The second-order valence-electron chi connectivity index (χ2n) is 8.49. The quantitative estimate of drug-likeness (QED) is 0.557. The Morgan fingerprint density at radius 3 is 1.97 bits per heavy atom. The number of piperidine rings is 1. The highest BCUT2D eigenvalue weighted by Crippen LogP contribution is 2.37. The Labute approximate surface area is 190 Å². The van der Waals surface area contributed by atoms with E-state index in [0.717, 1.165) is 48.3 Å². The summed E-state index contributed by atoms with van der Waals surface area (Å²) in [6.45, 7) is 3.75. The van der Waals surface area contributed by atoms with Crippen LogP contribution in [-0.2, 0) is 15.0 Å². The number of benzene rings is 3. The second-order valence-corrected chi connectivity index (χ2v) is 8.49. The third kappa shape index (κ3) is 4.81. The molecule has 1 aliphatic rings. The Morgan fingerprint density at radius 1 is 0.812 bits per heavy atom. The Hall–Kier alpha value is -3.24. The average molecular weight is 427 g/mol. The summed E-state index contributed by atoms with van der Waals surface area (Å²) in [7, 11) is 0. The summed E-state index contributed by atoms with van der Waals surface area (Å²) in [6, 6.07) is 28.2. The molecule has 0 bridgehead atoms. The average Bonchev–Trinajstić information content (AvgIpc) is 2.85. The van der Waals surface area contributed by atoms with Gasteiger partial charge >= 0.3 is 0 Å². The van der Waals surface area contributed by atoms with Crippen LogP contribution in [0, 0.1) is 0 Å². The van der Waals surface area contributed by atoms with Crippen LogP contribution in [0.1, 0.15) is 31.7 Å². The predicted molar refractivity (Wildman–Crippen MR) is 130 cm³/mol. The summed E-state index contributed by atoms with van der Waals surface area (Å²) < 4.78 is 0. The molecule has 164 valence electrons. The van der Waals surface area contributed by atoms with Crippen LogP contribution in [0.25, 0.3) is 11.1 Å². The molecule has 4 rings (SSSR count). The number of nitrogens with one attached hydrogen (secondary N) is 1. The molecule has 0 radical (unpaired) electrons. The van der Waals surface area contributed by atoms with Gasteiger partial charge in [0.1, 0.15) is 5.78 Å². The lowest BCUT2D eigenvalue weighted by Gasteiger charge is -2.41. The molecule has 0 aliphatic carbocycles. The van der Waals surface area contributed by atoms with Gasteiger partial charge in [0.25, 0.3) is 0 Å². The zero-order chi connectivity index (χ0) is 22.4. The van der Waals surface area contributed by atoms with Crippen LogP contribution in [0.4, 0.5) is 5.69 Å². The van der Waals surface area contributed by atoms with Gasteiger partial charge in [-0.1, -0.05) is 79.7 Å². The molecule has 0 spiro atoms. The fourth-order valence-corrected chi connectivity index (χ4v) is 4.70. The van der Waals surface area contributed by atoms with Gasteiger partial charge in [-0.2, -0.15) is 0 Å². The van der Waals surface area contributed by atoms with E-state index in [2.05, 4.69) is 34.5 Å². The zero-order valence-corrected chi connectivity index (χ0v) is 18.6. The van der Waals surface area contributed by atoms with Crippen LogP contribution >= 0.6 is 0 Å². The van der Waals surface area contributed by atoms with Gasteiger partial charge in [-0.05, 0) is 54.8 Å². The number of Topliss-reactive ketones (excluding diaryl/α,β-unsaturated/α-hetero) is 1. The third-order valence-electron chi connectivity index (χ3n) is 6.53. The number of rotatable bonds is 7. The summed E-state index contributed by atoms with van der Waals surface area (Å²) in [5.74, 6) is 0.276. The van der Waals surface area contributed by atoms with Crippen molar-refractivity contribution in [2.45, 2.75) is 31.6 Å². The molecule has 4 heteroatoms. The number of anilines is 1. The molecule has 1 amide bonds. The maximum absolute atomic E-state index is 12.9. The molecule has 1 N–H and O–H groups in total. The molecule has 3 aromatic carbocycles. The summed E-state index contributed by atoms with van der Waals surface area (Å²) >= 11 is 0. The van der Waals surface area contributed by atoms with Crippen molar-refractivity contribution in [2.75, 3.05) is 25.0 Å². The highest BCUT2D eigenvalue weighted by atomic mass is 16.2. The van der Waals surface area contributed by atoms with Crippen LogP contribution in [0.3, 0.4) is 0 Å². The normalized spacial score (nSPS) is 15.8. The van der Waals surface area contributed by atoms with Gasteiger partial charge in [-0.3, -0.25) is 14.5 Å². The van der Waals surface area contributed by atoms with Crippen molar-refractivity contribution in [3.63, 3.8) is 0 Å². The van der Waals surface area contributed by atoms with Crippen LogP contribution < -0.4 is 5.32 Å². The minimum atomic E-state index is -0.420. The molecule has 1 heterocycles. The highest BCUT2D eigenvalue weighted by Gasteiger charge is 2.41. The lowest BCUT2D eigenvalue weighted by molar-refractivity contribution is -0.126. The number of ketones is 1. The molecule has 32 heavy (non-hydrogen) atoms. The molecule has 1 saturated heterocycles. The van der Waals surface area contributed by atoms with Crippen molar-refractivity contribution in [3.05, 3.63) is 90.5 Å². The molecule has 1 fully saturated rings. The predicted octanol–water partition coefficient (Wildman–Crippen LogP) is 5.31. The minimum absolute atomic E-state index is 0.0218. The third-order valence-corrected chi connectivity index (χ3v) is 6.53. The standard InChI is InChI=1S/C28H30N2O2/c1-2-26(31)28(24-11-7-4-8-12-24)17-19-30(20-18-28)21-27(32)29-25-15-13-23(14-16-25)22-9-5-3-6-10-22/h3-16H,2,17-21H2,1H3,(H,29,32). The molecule has 0 unspecified atom stereocenters. The lowest BCUT2D eigenvalue weighted by Crippen LogP contribution is -2.48. The van der Waals surface area contributed by atoms with Gasteiger partial charge in [0, 0.05) is 12.1 Å². The minimum Gasteiger partial charge on any atom is -0.325 e. The number of carbonyl (C=O) groups is 2. The van der Waals surface area contributed by atoms with Crippen molar-refractivity contribution in [1.29, 1.82) is 0 Å². The zero-order valence-electron chi connectivity index (χ0n) is 18.6. The summed E-state index contributed by atoms with van der Waals surface area (Å²) in [5.41, 5.74) is 3.76. The van der Waals surface area contributed by atoms with Crippen molar-refractivity contribution >= 4 is 17.4 Å². The van der Waals surface area contributed by atoms with Gasteiger partial charge < -0.3 is 5.32 Å². The SMILES string of the molecule is CCC(=O)C1(c2ccccc2)CCN(CC(=O)Nc2ccc(-c3ccccc3)cc2)CC1. The van der Waals surface area contributed by atoms with E-state index in [1.807, 2.05) is 67.6 Å². The molecular weight excluding hydrogens is 396 g/mol. The molecule has 4 nitrogen and oxygen atoms in total. The second kappa shape index (κ2) is 9.92. The largest absolute Gasteiger partial charge is 0.325 e. The van der Waals surface area contributed by atoms with E-state index in [1.165, 1.54) is 0 Å². The molecule has 0 saturated carbocycles. The van der Waals surface area contributed by atoms with Crippen molar-refractivity contribution in [3.8, 4) is 11.1 Å². The van der Waals surface area contributed by atoms with Crippen LogP contribution in [-0.4, -0.2) is 36.2 Å². The molecule has 0 atom stereocenters. The van der Waals surface area contributed by atoms with E-state index < -0.39 is 5.41 Å². The molecule has 1 aliphatic heterocycles. The van der Waals surface area contributed by atoms with Gasteiger partial charge in [-0.15, -0.1) is 0 Å². The fraction of sp³-hybridized carbons (Fsp3) is 0.286. The lowest BCUT2D eigenvalue weighted by atomic mass is 9.69. The van der Waals surface area contributed by atoms with Crippen LogP contribution in [0.15, 0.2) is 84.9 Å². The Morgan fingerprint density at radius 2 is 1.38 bits per heavy atom. The van der Waals surface area contributed by atoms with E-state index >= 15 is 0 Å². The van der Waals surface area contributed by atoms with E-state index in [9.17, 15) is 9.59 Å². The first kappa shape index (κ1) is 22.0. The Bertz CT molecular complexity index is 1040. The van der Waals surface area contributed by atoms with Crippen molar-refractivity contribution in [2.24, 2.45) is 0 Å². The highest BCUT2D eigenvalue weighted by molar-refractivity contribution is 5.93. The number of hydrogen-bond acceptors (Lipinski definition) is 3. The number of hydrogen-bond donors (Lipinski definition) is 1. The molecule has 3 aromatic rings. The van der Waals surface area contributed by atoms with Gasteiger partial charge in [0.2, 0.25) is 5.91 Å². The first-order valence-corrected chi connectivity index (χ1v) is 11.4.